The highest BCUT2D eigenvalue weighted by Crippen LogP contribution is 2.08. The number of fused-ring (bicyclic) bond motifs is 1. The van der Waals surface area contributed by atoms with Crippen LogP contribution in [-0.2, 0) is 11.3 Å². The predicted octanol–water partition coefficient (Wildman–Crippen LogP) is 1.38. The summed E-state index contributed by atoms with van der Waals surface area (Å²) in [6.45, 7) is 1.91. The lowest BCUT2D eigenvalue weighted by Gasteiger charge is -2.07. The van der Waals surface area contributed by atoms with E-state index in [2.05, 4.69) is 4.98 Å². The molecule has 0 bridgehead atoms. The third kappa shape index (κ3) is 1.86. The second-order valence-corrected chi connectivity index (χ2v) is 3.56. The van der Waals surface area contributed by atoms with Gasteiger partial charge in [0.1, 0.15) is 0 Å². The van der Waals surface area contributed by atoms with Crippen LogP contribution in [-0.4, -0.2) is 15.3 Å². The van der Waals surface area contributed by atoms with Crippen molar-refractivity contribution < 1.29 is 4.79 Å². The van der Waals surface area contributed by atoms with E-state index in [1.807, 2.05) is 18.2 Å². The Morgan fingerprint density at radius 3 is 2.88 bits per heavy atom. The molecule has 1 aromatic carbocycles. The van der Waals surface area contributed by atoms with E-state index in [1.165, 1.54) is 10.8 Å². The number of para-hydroxylation sites is 2. The number of ketones is 1. The molecule has 0 atom stereocenters. The number of hydrogen-bond acceptors (Lipinski definition) is 3. The molecule has 0 N–H and O–H groups in total. The Bertz CT molecular complexity index is 587. The topological polar surface area (TPSA) is 52.0 Å². The van der Waals surface area contributed by atoms with Gasteiger partial charge in [-0.05, 0) is 12.1 Å². The van der Waals surface area contributed by atoms with Crippen LogP contribution < -0.4 is 5.56 Å². The van der Waals surface area contributed by atoms with Crippen molar-refractivity contribution in [1.29, 1.82) is 0 Å². The Morgan fingerprint density at radius 2 is 2.12 bits per heavy atom. The van der Waals surface area contributed by atoms with Gasteiger partial charge in [0.2, 0.25) is 0 Å². The summed E-state index contributed by atoms with van der Waals surface area (Å²) >= 11 is 0. The highest BCUT2D eigenvalue weighted by molar-refractivity contribution is 5.81. The monoisotopic (exact) mass is 216 g/mol. The second-order valence-electron chi connectivity index (χ2n) is 3.56. The fourth-order valence-corrected chi connectivity index (χ4v) is 1.57. The van der Waals surface area contributed by atoms with Crippen molar-refractivity contribution in [3.63, 3.8) is 0 Å². The molecule has 16 heavy (non-hydrogen) atoms. The van der Waals surface area contributed by atoms with Gasteiger partial charge in [-0.1, -0.05) is 19.1 Å². The smallest absolute Gasteiger partial charge is 0.269 e. The first kappa shape index (κ1) is 10.5. The van der Waals surface area contributed by atoms with Crippen molar-refractivity contribution in [2.75, 3.05) is 0 Å². The molecule has 0 unspecified atom stereocenters. The fourth-order valence-electron chi connectivity index (χ4n) is 1.57. The minimum Gasteiger partial charge on any atom is -0.298 e. The van der Waals surface area contributed by atoms with E-state index >= 15 is 0 Å². The predicted molar refractivity (Wildman–Crippen MR) is 61.3 cm³/mol. The summed E-state index contributed by atoms with van der Waals surface area (Å²) in [6, 6.07) is 7.30. The Hall–Kier alpha value is -1.97. The van der Waals surface area contributed by atoms with Gasteiger partial charge in [0, 0.05) is 6.42 Å². The SMILES string of the molecule is CCC(=O)Cn1c(=O)cnc2ccccc21. The van der Waals surface area contributed by atoms with Crippen LogP contribution in [0.15, 0.2) is 35.3 Å². The third-order valence-electron chi connectivity index (χ3n) is 2.48. The molecular weight excluding hydrogens is 204 g/mol. The molecule has 0 radical (unpaired) electrons. The minimum absolute atomic E-state index is 0.0402. The molecular formula is C12H12N2O2. The largest absolute Gasteiger partial charge is 0.298 e. The number of nitrogens with zero attached hydrogens (tertiary/aromatic N) is 2. The van der Waals surface area contributed by atoms with Crippen LogP contribution in [0.3, 0.4) is 0 Å². The average molecular weight is 216 g/mol. The number of hydrogen-bond donors (Lipinski definition) is 0. The molecule has 2 aromatic rings. The van der Waals surface area contributed by atoms with Crippen LogP contribution in [0.25, 0.3) is 11.0 Å². The molecule has 0 aliphatic heterocycles. The van der Waals surface area contributed by atoms with E-state index in [1.54, 1.807) is 13.0 Å². The lowest BCUT2D eigenvalue weighted by atomic mass is 10.2. The zero-order valence-electron chi connectivity index (χ0n) is 9.01. The van der Waals surface area contributed by atoms with Crippen LogP contribution in [0.4, 0.5) is 0 Å². The van der Waals surface area contributed by atoms with Gasteiger partial charge >= 0.3 is 0 Å². The van der Waals surface area contributed by atoms with Crippen molar-refractivity contribution in [3.05, 3.63) is 40.8 Å². The highest BCUT2D eigenvalue weighted by atomic mass is 16.1. The van der Waals surface area contributed by atoms with Crippen molar-refractivity contribution >= 4 is 16.8 Å². The average Bonchev–Trinajstić information content (AvgIpc) is 2.32. The third-order valence-corrected chi connectivity index (χ3v) is 2.48. The van der Waals surface area contributed by atoms with E-state index in [0.29, 0.717) is 11.9 Å². The molecule has 1 aromatic heterocycles. The maximum absolute atomic E-state index is 11.6. The van der Waals surface area contributed by atoms with Crippen LogP contribution in [0.2, 0.25) is 0 Å². The van der Waals surface area contributed by atoms with Crippen LogP contribution in [0.5, 0.6) is 0 Å². The van der Waals surface area contributed by atoms with Gasteiger partial charge in [0.05, 0.1) is 23.8 Å². The van der Waals surface area contributed by atoms with Gasteiger partial charge in [-0.2, -0.15) is 0 Å². The summed E-state index contributed by atoms with van der Waals surface area (Å²) in [6.07, 6.45) is 1.69. The Balaban J connectivity index is 2.61. The molecule has 82 valence electrons. The Labute approximate surface area is 92.5 Å². The molecule has 0 saturated heterocycles. The first-order chi connectivity index (χ1) is 7.72. The molecule has 0 aliphatic carbocycles. The molecule has 0 fully saturated rings. The van der Waals surface area contributed by atoms with Gasteiger partial charge in [-0.25, -0.2) is 4.98 Å². The van der Waals surface area contributed by atoms with Gasteiger partial charge in [0.15, 0.2) is 5.78 Å². The van der Waals surface area contributed by atoms with Crippen molar-refractivity contribution in [2.24, 2.45) is 0 Å². The molecule has 2 rings (SSSR count). The molecule has 1 heterocycles. The lowest BCUT2D eigenvalue weighted by molar-refractivity contribution is -0.119. The highest BCUT2D eigenvalue weighted by Gasteiger charge is 2.06. The van der Waals surface area contributed by atoms with E-state index in [9.17, 15) is 9.59 Å². The maximum atomic E-state index is 11.6. The Kier molecular flexibility index (Phi) is 2.81. The summed E-state index contributed by atoms with van der Waals surface area (Å²) < 4.78 is 1.47. The second kappa shape index (κ2) is 4.26. The molecule has 0 aliphatic rings. The van der Waals surface area contributed by atoms with Gasteiger partial charge in [-0.15, -0.1) is 0 Å². The number of benzene rings is 1. The maximum Gasteiger partial charge on any atom is 0.269 e. The zero-order chi connectivity index (χ0) is 11.5. The summed E-state index contributed by atoms with van der Waals surface area (Å²) in [5.41, 5.74) is 1.20. The van der Waals surface area contributed by atoms with Crippen molar-refractivity contribution in [3.8, 4) is 0 Å². The molecule has 0 spiro atoms. The molecule has 4 heteroatoms. The standard InChI is InChI=1S/C12H12N2O2/c1-2-9(15)8-14-11-6-4-3-5-10(11)13-7-12(14)16/h3-7H,2,8H2,1H3. The summed E-state index contributed by atoms with van der Waals surface area (Å²) in [5, 5.41) is 0. The lowest BCUT2D eigenvalue weighted by Crippen LogP contribution is -2.24. The van der Waals surface area contributed by atoms with Crippen LogP contribution >= 0.6 is 0 Å². The zero-order valence-corrected chi connectivity index (χ0v) is 9.01. The fraction of sp³-hybridized carbons (Fsp3) is 0.250. The van der Waals surface area contributed by atoms with Gasteiger partial charge in [-0.3, -0.25) is 14.2 Å². The van der Waals surface area contributed by atoms with E-state index < -0.39 is 0 Å². The number of carbonyl (C=O) groups excluding carboxylic acids is 1. The van der Waals surface area contributed by atoms with Crippen molar-refractivity contribution in [1.82, 2.24) is 9.55 Å². The first-order valence-corrected chi connectivity index (χ1v) is 5.18. The van der Waals surface area contributed by atoms with Crippen LogP contribution in [0.1, 0.15) is 13.3 Å². The van der Waals surface area contributed by atoms with Crippen molar-refractivity contribution in [2.45, 2.75) is 19.9 Å². The summed E-state index contributed by atoms with van der Waals surface area (Å²) in [5.74, 6) is 0.0402. The number of aromatic nitrogens is 2. The Morgan fingerprint density at radius 1 is 1.38 bits per heavy atom. The number of Topliss-reactive ketones (excluding diaryl/α,β-unsaturated/α-hetero) is 1. The first-order valence-electron chi connectivity index (χ1n) is 5.18. The number of rotatable bonds is 3. The van der Waals surface area contributed by atoms with E-state index in [-0.39, 0.29) is 17.9 Å². The number of carbonyl (C=O) groups is 1. The summed E-state index contributed by atoms with van der Waals surface area (Å²) in [7, 11) is 0. The molecule has 0 saturated carbocycles. The van der Waals surface area contributed by atoms with E-state index in [4.69, 9.17) is 0 Å². The minimum atomic E-state index is -0.236. The quantitative estimate of drug-likeness (QED) is 0.778. The van der Waals surface area contributed by atoms with Gasteiger partial charge in [0.25, 0.3) is 5.56 Å². The van der Waals surface area contributed by atoms with E-state index in [0.717, 1.165) is 5.52 Å². The van der Waals surface area contributed by atoms with Crippen LogP contribution in [0, 0.1) is 0 Å². The van der Waals surface area contributed by atoms with Gasteiger partial charge < -0.3 is 0 Å². The normalized spacial score (nSPS) is 10.6. The molecule has 0 amide bonds. The molecule has 4 nitrogen and oxygen atoms in total. The summed E-state index contributed by atoms with van der Waals surface area (Å²) in [4.78, 5) is 27.1.